The summed E-state index contributed by atoms with van der Waals surface area (Å²) in [5, 5.41) is 4.90. The van der Waals surface area contributed by atoms with E-state index < -0.39 is 0 Å². The number of anilines is 1. The molecule has 0 saturated carbocycles. The summed E-state index contributed by atoms with van der Waals surface area (Å²) in [4.78, 5) is 18.1. The first kappa shape index (κ1) is 21.6. The van der Waals surface area contributed by atoms with Crippen LogP contribution >= 0.6 is 0 Å². The quantitative estimate of drug-likeness (QED) is 0.556. The highest BCUT2D eigenvalue weighted by atomic mass is 16.5. The molecule has 1 aliphatic carbocycles. The third-order valence-corrected chi connectivity index (χ3v) is 6.85. The molecule has 33 heavy (non-hydrogen) atoms. The number of fused-ring (bicyclic) bond motifs is 1. The first-order valence-electron chi connectivity index (χ1n) is 12.1. The monoisotopic (exact) mass is 444 g/mol. The Hall–Kier alpha value is -3.28. The van der Waals surface area contributed by atoms with Crippen molar-refractivity contribution in [3.05, 3.63) is 71.5 Å². The van der Waals surface area contributed by atoms with Crippen molar-refractivity contribution in [2.75, 3.05) is 38.2 Å². The first-order chi connectivity index (χ1) is 16.2. The van der Waals surface area contributed by atoms with Gasteiger partial charge in [0.15, 0.2) is 5.69 Å². The Balaban J connectivity index is 1.38. The molecular formula is C27H32N4O2. The van der Waals surface area contributed by atoms with Gasteiger partial charge in [-0.15, -0.1) is 0 Å². The van der Waals surface area contributed by atoms with Crippen LogP contribution < -0.4 is 9.64 Å². The van der Waals surface area contributed by atoms with E-state index >= 15 is 0 Å². The van der Waals surface area contributed by atoms with Crippen molar-refractivity contribution < 1.29 is 9.53 Å². The highest BCUT2D eigenvalue weighted by Gasteiger charge is 2.29. The molecule has 0 unspecified atom stereocenters. The lowest BCUT2D eigenvalue weighted by Gasteiger charge is -2.23. The van der Waals surface area contributed by atoms with Crippen LogP contribution in [-0.2, 0) is 12.8 Å². The second-order valence-electron chi connectivity index (χ2n) is 8.91. The van der Waals surface area contributed by atoms with E-state index in [0.29, 0.717) is 12.2 Å². The molecule has 0 atom stereocenters. The number of methoxy groups -OCH3 is 1. The fraction of sp³-hybridized carbons (Fsp3) is 0.407. The Labute approximate surface area is 195 Å². The second-order valence-corrected chi connectivity index (χ2v) is 8.91. The van der Waals surface area contributed by atoms with Crippen LogP contribution in [0.5, 0.6) is 5.75 Å². The normalized spacial score (nSPS) is 16.6. The van der Waals surface area contributed by atoms with E-state index in [-0.39, 0.29) is 5.91 Å². The van der Waals surface area contributed by atoms with Crippen molar-refractivity contribution in [3.8, 4) is 11.4 Å². The Morgan fingerprint density at radius 3 is 2.39 bits per heavy atom. The van der Waals surface area contributed by atoms with Crippen molar-refractivity contribution in [2.24, 2.45) is 0 Å². The lowest BCUT2D eigenvalue weighted by Crippen LogP contribution is -2.36. The lowest BCUT2D eigenvalue weighted by molar-refractivity contribution is 0.0759. The van der Waals surface area contributed by atoms with Crippen molar-refractivity contribution in [2.45, 2.75) is 38.5 Å². The van der Waals surface area contributed by atoms with Crippen LogP contribution in [0.15, 0.2) is 54.6 Å². The van der Waals surface area contributed by atoms with Crippen LogP contribution in [-0.4, -0.2) is 53.9 Å². The van der Waals surface area contributed by atoms with Gasteiger partial charge in [-0.05, 0) is 68.5 Å². The molecule has 2 aliphatic rings. The number of benzene rings is 2. The molecule has 0 radical (unpaired) electrons. The molecule has 0 spiro atoms. The minimum absolute atomic E-state index is 0.0828. The van der Waals surface area contributed by atoms with E-state index in [0.717, 1.165) is 68.7 Å². The number of carbonyl (C=O) groups excluding carboxylic acids is 1. The van der Waals surface area contributed by atoms with Gasteiger partial charge >= 0.3 is 0 Å². The maximum Gasteiger partial charge on any atom is 0.274 e. The van der Waals surface area contributed by atoms with Gasteiger partial charge in [0.05, 0.1) is 12.8 Å². The van der Waals surface area contributed by atoms with E-state index in [1.807, 2.05) is 39.9 Å². The summed E-state index contributed by atoms with van der Waals surface area (Å²) in [5.74, 6) is 0.944. The summed E-state index contributed by atoms with van der Waals surface area (Å²) < 4.78 is 7.31. The van der Waals surface area contributed by atoms with E-state index in [2.05, 4.69) is 29.2 Å². The van der Waals surface area contributed by atoms with Gasteiger partial charge in [0.25, 0.3) is 5.91 Å². The second kappa shape index (κ2) is 9.69. The standard InChI is InChI=1S/C27H32N4O2/c1-33-23-15-13-21(14-16-23)29-17-8-18-30(20-19-29)27(32)26-24-11-6-3-7-12-25(24)31(28-26)22-9-4-2-5-10-22/h2,4-5,9-10,13-16H,3,6-8,11-12,17-20H2,1H3. The lowest BCUT2D eigenvalue weighted by atomic mass is 10.1. The number of ether oxygens (including phenoxy) is 1. The molecule has 6 nitrogen and oxygen atoms in total. The van der Waals surface area contributed by atoms with Gasteiger partial charge < -0.3 is 14.5 Å². The van der Waals surface area contributed by atoms with Gasteiger partial charge in [-0.3, -0.25) is 4.79 Å². The maximum absolute atomic E-state index is 13.7. The highest BCUT2D eigenvalue weighted by molar-refractivity contribution is 5.94. The third kappa shape index (κ3) is 4.47. The Bertz CT molecular complexity index is 1090. The molecule has 1 fully saturated rings. The molecule has 5 rings (SSSR count). The number of carbonyl (C=O) groups is 1. The van der Waals surface area contributed by atoms with E-state index in [1.165, 1.54) is 17.8 Å². The minimum Gasteiger partial charge on any atom is -0.497 e. The predicted molar refractivity (Wildman–Crippen MR) is 131 cm³/mol. The molecule has 0 N–H and O–H groups in total. The number of nitrogens with zero attached hydrogens (tertiary/aromatic N) is 4. The highest BCUT2D eigenvalue weighted by Crippen LogP contribution is 2.28. The molecule has 1 saturated heterocycles. The molecule has 3 aromatic rings. The SMILES string of the molecule is COc1ccc(N2CCCN(C(=O)c3nn(-c4ccccc4)c4c3CCCCC4)CC2)cc1. The number of hydrogen-bond acceptors (Lipinski definition) is 4. The van der Waals surface area contributed by atoms with Crippen LogP contribution in [0, 0.1) is 0 Å². The zero-order valence-corrected chi connectivity index (χ0v) is 19.4. The van der Waals surface area contributed by atoms with Gasteiger partial charge in [0.2, 0.25) is 0 Å². The van der Waals surface area contributed by atoms with Crippen molar-refractivity contribution in [1.29, 1.82) is 0 Å². The number of rotatable bonds is 4. The Kier molecular flexibility index (Phi) is 6.33. The summed E-state index contributed by atoms with van der Waals surface area (Å²) >= 11 is 0. The van der Waals surface area contributed by atoms with Crippen molar-refractivity contribution in [1.82, 2.24) is 14.7 Å². The predicted octanol–water partition coefficient (Wildman–Crippen LogP) is 4.50. The van der Waals surface area contributed by atoms with Crippen molar-refractivity contribution >= 4 is 11.6 Å². The van der Waals surface area contributed by atoms with Gasteiger partial charge in [0, 0.05) is 43.1 Å². The molecule has 2 heterocycles. The minimum atomic E-state index is 0.0828. The van der Waals surface area contributed by atoms with Gasteiger partial charge in [-0.1, -0.05) is 24.6 Å². The number of para-hydroxylation sites is 1. The van der Waals surface area contributed by atoms with Gasteiger partial charge in [0.1, 0.15) is 5.75 Å². The van der Waals surface area contributed by atoms with Crippen LogP contribution in [0.3, 0.4) is 0 Å². The Morgan fingerprint density at radius 1 is 0.818 bits per heavy atom. The van der Waals surface area contributed by atoms with Gasteiger partial charge in [-0.2, -0.15) is 5.10 Å². The summed E-state index contributed by atoms with van der Waals surface area (Å²) in [6, 6.07) is 18.4. The van der Waals surface area contributed by atoms with E-state index in [1.54, 1.807) is 7.11 Å². The molecule has 1 aromatic heterocycles. The van der Waals surface area contributed by atoms with Crippen LogP contribution in [0.1, 0.15) is 47.4 Å². The number of hydrogen-bond donors (Lipinski definition) is 0. The zero-order valence-electron chi connectivity index (χ0n) is 19.4. The molecule has 1 aliphatic heterocycles. The van der Waals surface area contributed by atoms with E-state index in [9.17, 15) is 4.79 Å². The van der Waals surface area contributed by atoms with Crippen LogP contribution in [0.25, 0.3) is 5.69 Å². The fourth-order valence-electron chi connectivity index (χ4n) is 5.05. The number of amides is 1. The topological polar surface area (TPSA) is 50.6 Å². The summed E-state index contributed by atoms with van der Waals surface area (Å²) in [6.07, 6.45) is 6.35. The van der Waals surface area contributed by atoms with Crippen LogP contribution in [0.2, 0.25) is 0 Å². The molecular weight excluding hydrogens is 412 g/mol. The zero-order chi connectivity index (χ0) is 22.6. The average Bonchev–Trinajstić information content (AvgIpc) is 3.04. The van der Waals surface area contributed by atoms with Crippen LogP contribution in [0.4, 0.5) is 5.69 Å². The molecule has 2 aromatic carbocycles. The summed E-state index contributed by atoms with van der Waals surface area (Å²) in [5.41, 5.74) is 5.26. The fourth-order valence-corrected chi connectivity index (χ4v) is 5.05. The average molecular weight is 445 g/mol. The molecule has 6 heteroatoms. The van der Waals surface area contributed by atoms with Gasteiger partial charge in [-0.25, -0.2) is 4.68 Å². The number of aromatic nitrogens is 2. The first-order valence-corrected chi connectivity index (χ1v) is 12.1. The maximum atomic E-state index is 13.7. The Morgan fingerprint density at radius 2 is 1.61 bits per heavy atom. The molecule has 172 valence electrons. The summed E-state index contributed by atoms with van der Waals surface area (Å²) in [6.45, 7) is 3.22. The smallest absolute Gasteiger partial charge is 0.274 e. The molecule has 1 amide bonds. The third-order valence-electron chi connectivity index (χ3n) is 6.85. The molecule has 0 bridgehead atoms. The largest absolute Gasteiger partial charge is 0.497 e. The van der Waals surface area contributed by atoms with Crippen molar-refractivity contribution in [3.63, 3.8) is 0 Å². The van der Waals surface area contributed by atoms with E-state index in [4.69, 9.17) is 9.84 Å². The summed E-state index contributed by atoms with van der Waals surface area (Å²) in [7, 11) is 1.68.